The van der Waals surface area contributed by atoms with Gasteiger partial charge >= 0.3 is 6.18 Å². The van der Waals surface area contributed by atoms with E-state index in [0.29, 0.717) is 32.3 Å². The number of likely N-dealkylation sites (N-methyl/N-ethyl adjacent to an activating group) is 1. The second-order valence-corrected chi connectivity index (χ2v) is 7.73. The van der Waals surface area contributed by atoms with Crippen molar-refractivity contribution in [2.24, 2.45) is 5.92 Å². The molecule has 27 heavy (non-hydrogen) atoms. The number of hydrogen-bond donors (Lipinski definition) is 2. The fourth-order valence-electron chi connectivity index (χ4n) is 3.08. The maximum Gasteiger partial charge on any atom is 0.416 e. The van der Waals surface area contributed by atoms with Gasteiger partial charge in [-0.25, -0.2) is 8.78 Å². The normalized spacial score (nSPS) is 17.7. The van der Waals surface area contributed by atoms with Crippen molar-refractivity contribution >= 4 is 5.91 Å². The molecule has 0 saturated heterocycles. The third-order valence-corrected chi connectivity index (χ3v) is 4.80. The van der Waals surface area contributed by atoms with Gasteiger partial charge in [0.2, 0.25) is 5.91 Å². The molecule has 0 unspecified atom stereocenters. The third kappa shape index (κ3) is 5.18. The fourth-order valence-corrected chi connectivity index (χ4v) is 3.08. The largest absolute Gasteiger partial charge is 0.416 e. The number of nitrogens with one attached hydrogen (secondary N) is 2. The Labute approximate surface area is 155 Å². The zero-order chi connectivity index (χ0) is 20.6. The van der Waals surface area contributed by atoms with Crippen LogP contribution in [0.2, 0.25) is 0 Å². The van der Waals surface area contributed by atoms with Gasteiger partial charge in [-0.2, -0.15) is 13.2 Å². The third-order valence-electron chi connectivity index (χ3n) is 4.80. The summed E-state index contributed by atoms with van der Waals surface area (Å²) < 4.78 is 67.0. The lowest BCUT2D eigenvalue weighted by Crippen LogP contribution is -2.47. The monoisotopic (exact) mass is 392 g/mol. The van der Waals surface area contributed by atoms with Gasteiger partial charge in [0.15, 0.2) is 0 Å². The average Bonchev–Trinajstić information content (AvgIpc) is 3.31. The van der Waals surface area contributed by atoms with Crippen molar-refractivity contribution in [1.29, 1.82) is 0 Å². The molecule has 2 rings (SSSR count). The average molecular weight is 392 g/mol. The van der Waals surface area contributed by atoms with Crippen molar-refractivity contribution in [1.82, 2.24) is 10.6 Å². The van der Waals surface area contributed by atoms with Crippen LogP contribution in [0.5, 0.6) is 0 Å². The first-order valence-electron chi connectivity index (χ1n) is 8.89. The van der Waals surface area contributed by atoms with Crippen LogP contribution in [0.4, 0.5) is 22.0 Å². The van der Waals surface area contributed by atoms with Crippen molar-refractivity contribution in [2.75, 3.05) is 7.05 Å². The molecule has 1 amide bonds. The van der Waals surface area contributed by atoms with Crippen LogP contribution < -0.4 is 10.6 Å². The van der Waals surface area contributed by atoms with Gasteiger partial charge in [0, 0.05) is 12.5 Å². The van der Waals surface area contributed by atoms with Crippen molar-refractivity contribution in [3.63, 3.8) is 0 Å². The van der Waals surface area contributed by atoms with Crippen LogP contribution in [0.3, 0.4) is 0 Å². The van der Waals surface area contributed by atoms with E-state index in [1.165, 1.54) is 0 Å². The van der Waals surface area contributed by atoms with Gasteiger partial charge < -0.3 is 10.6 Å². The number of halogens is 5. The van der Waals surface area contributed by atoms with E-state index in [-0.39, 0.29) is 17.4 Å². The molecule has 1 aliphatic rings. The summed E-state index contributed by atoms with van der Waals surface area (Å²) in [5.41, 5.74) is -2.80. The SMILES string of the molecule is CN[C@H](CC(C)C)C(=O)NC1(c2cc(C(C)(F)F)cc(C(F)(F)F)c2)CC1. The number of benzene rings is 1. The number of amides is 1. The van der Waals surface area contributed by atoms with Gasteiger partial charge in [0.1, 0.15) is 0 Å². The molecule has 0 aromatic heterocycles. The van der Waals surface area contributed by atoms with E-state index in [4.69, 9.17) is 0 Å². The van der Waals surface area contributed by atoms with Crippen LogP contribution in [0.15, 0.2) is 18.2 Å². The number of carbonyl (C=O) groups excluding carboxylic acids is 1. The van der Waals surface area contributed by atoms with Crippen LogP contribution in [-0.4, -0.2) is 19.0 Å². The minimum atomic E-state index is -4.75. The molecule has 1 saturated carbocycles. The summed E-state index contributed by atoms with van der Waals surface area (Å²) in [5, 5.41) is 5.68. The van der Waals surface area contributed by atoms with E-state index < -0.39 is 34.8 Å². The number of hydrogen-bond acceptors (Lipinski definition) is 2. The first-order valence-corrected chi connectivity index (χ1v) is 8.89. The summed E-state index contributed by atoms with van der Waals surface area (Å²) in [6.45, 7) is 4.46. The van der Waals surface area contributed by atoms with Crippen molar-refractivity contribution in [3.8, 4) is 0 Å². The topological polar surface area (TPSA) is 41.1 Å². The summed E-state index contributed by atoms with van der Waals surface area (Å²) in [5.74, 6) is -3.52. The predicted molar refractivity (Wildman–Crippen MR) is 92.4 cm³/mol. The minimum Gasteiger partial charge on any atom is -0.345 e. The lowest BCUT2D eigenvalue weighted by Gasteiger charge is -2.25. The Hall–Kier alpha value is -1.70. The van der Waals surface area contributed by atoms with Crippen molar-refractivity contribution in [2.45, 2.75) is 63.7 Å². The number of rotatable bonds is 7. The Morgan fingerprint density at radius 3 is 2.07 bits per heavy atom. The molecule has 1 atom stereocenters. The van der Waals surface area contributed by atoms with Gasteiger partial charge in [-0.3, -0.25) is 4.79 Å². The molecule has 1 aromatic carbocycles. The predicted octanol–water partition coefficient (Wildman–Crippen LogP) is 4.56. The molecular formula is C19H25F5N2O. The fraction of sp³-hybridized carbons (Fsp3) is 0.632. The minimum absolute atomic E-state index is 0.0709. The zero-order valence-electron chi connectivity index (χ0n) is 15.8. The highest BCUT2D eigenvalue weighted by Gasteiger charge is 2.48. The van der Waals surface area contributed by atoms with Gasteiger partial charge in [-0.05, 0) is 56.0 Å². The van der Waals surface area contributed by atoms with E-state index in [1.54, 1.807) is 7.05 Å². The summed E-state index contributed by atoms with van der Waals surface area (Å²) in [6.07, 6.45) is -3.37. The molecule has 2 N–H and O–H groups in total. The van der Waals surface area contributed by atoms with Crippen molar-refractivity contribution in [3.05, 3.63) is 34.9 Å². The molecule has 152 valence electrons. The maximum absolute atomic E-state index is 13.7. The van der Waals surface area contributed by atoms with Gasteiger partial charge in [-0.15, -0.1) is 0 Å². The second kappa shape index (κ2) is 7.37. The van der Waals surface area contributed by atoms with Crippen LogP contribution in [-0.2, 0) is 22.4 Å². The van der Waals surface area contributed by atoms with E-state index in [1.807, 2.05) is 13.8 Å². The molecular weight excluding hydrogens is 367 g/mol. The highest BCUT2D eigenvalue weighted by molar-refractivity contribution is 5.83. The van der Waals surface area contributed by atoms with Crippen molar-refractivity contribution < 1.29 is 26.7 Å². The Morgan fingerprint density at radius 1 is 1.11 bits per heavy atom. The maximum atomic E-state index is 13.7. The Bertz CT molecular complexity index is 658. The highest BCUT2D eigenvalue weighted by atomic mass is 19.4. The van der Waals surface area contributed by atoms with Gasteiger partial charge in [0.05, 0.1) is 17.1 Å². The highest BCUT2D eigenvalue weighted by Crippen LogP contribution is 2.48. The smallest absolute Gasteiger partial charge is 0.345 e. The summed E-state index contributed by atoms with van der Waals surface area (Å²) >= 11 is 0. The molecule has 1 fully saturated rings. The quantitative estimate of drug-likeness (QED) is 0.668. The molecule has 0 spiro atoms. The first-order chi connectivity index (χ1) is 12.3. The standard InChI is InChI=1S/C19H25F5N2O/c1-11(2)7-15(25-4)16(27)26-18(5-6-18)13-8-12(17(3,20)21)9-14(10-13)19(22,23)24/h8-11,15,25H,5-7H2,1-4H3,(H,26,27)/t15-/m1/s1. The summed E-state index contributed by atoms with van der Waals surface area (Å²) in [7, 11) is 1.63. The van der Waals surface area contributed by atoms with Gasteiger partial charge in [0.25, 0.3) is 5.92 Å². The first kappa shape index (κ1) is 21.6. The number of alkyl halides is 5. The van der Waals surface area contributed by atoms with Crippen LogP contribution in [0.25, 0.3) is 0 Å². The Kier molecular flexibility index (Phi) is 5.90. The van der Waals surface area contributed by atoms with E-state index in [0.717, 1.165) is 12.1 Å². The van der Waals surface area contributed by atoms with E-state index in [9.17, 15) is 26.7 Å². The van der Waals surface area contributed by atoms with E-state index in [2.05, 4.69) is 10.6 Å². The van der Waals surface area contributed by atoms with E-state index >= 15 is 0 Å². The Balaban J connectivity index is 2.37. The lowest BCUT2D eigenvalue weighted by atomic mass is 9.95. The van der Waals surface area contributed by atoms with Gasteiger partial charge in [-0.1, -0.05) is 13.8 Å². The summed E-state index contributed by atoms with van der Waals surface area (Å²) in [6, 6.07) is 1.90. The molecule has 0 aliphatic heterocycles. The second-order valence-electron chi connectivity index (χ2n) is 7.73. The van der Waals surface area contributed by atoms with Crippen LogP contribution in [0, 0.1) is 5.92 Å². The molecule has 1 aliphatic carbocycles. The Morgan fingerprint density at radius 2 is 1.67 bits per heavy atom. The number of carbonyl (C=O) groups is 1. The molecule has 0 bridgehead atoms. The molecule has 0 radical (unpaired) electrons. The molecule has 3 nitrogen and oxygen atoms in total. The van der Waals surface area contributed by atoms with Crippen LogP contribution in [0.1, 0.15) is 56.7 Å². The molecule has 8 heteroatoms. The molecule has 1 aromatic rings. The lowest BCUT2D eigenvalue weighted by molar-refractivity contribution is -0.137. The zero-order valence-corrected chi connectivity index (χ0v) is 15.8. The summed E-state index contributed by atoms with van der Waals surface area (Å²) in [4.78, 5) is 12.6. The van der Waals surface area contributed by atoms with Crippen LogP contribution >= 0.6 is 0 Å². The molecule has 0 heterocycles.